The van der Waals surface area contributed by atoms with Crippen molar-refractivity contribution in [2.75, 3.05) is 6.54 Å². The highest BCUT2D eigenvalue weighted by atomic mass is 32.1. The van der Waals surface area contributed by atoms with E-state index in [0.29, 0.717) is 5.56 Å². The third kappa shape index (κ3) is 3.21. The second-order valence-electron chi connectivity index (χ2n) is 5.29. The summed E-state index contributed by atoms with van der Waals surface area (Å²) in [5.74, 6) is 0.0810. The predicted molar refractivity (Wildman–Crippen MR) is 90.1 cm³/mol. The van der Waals surface area contributed by atoms with Gasteiger partial charge >= 0.3 is 0 Å². The van der Waals surface area contributed by atoms with Crippen molar-refractivity contribution in [1.82, 2.24) is 9.88 Å². The molecule has 2 aromatic rings. The van der Waals surface area contributed by atoms with Crippen molar-refractivity contribution >= 4 is 29.4 Å². The number of hydrogen-bond donors (Lipinski definition) is 1. The van der Waals surface area contributed by atoms with Crippen LogP contribution in [-0.2, 0) is 0 Å². The minimum absolute atomic E-state index is 0.0810. The smallest absolute Gasteiger partial charge is 0.254 e. The summed E-state index contributed by atoms with van der Waals surface area (Å²) < 4.78 is 0. The van der Waals surface area contributed by atoms with Gasteiger partial charge < -0.3 is 4.90 Å². The van der Waals surface area contributed by atoms with Crippen molar-refractivity contribution in [2.45, 2.75) is 44.6 Å². The molecule has 1 aromatic carbocycles. The summed E-state index contributed by atoms with van der Waals surface area (Å²) in [6.45, 7) is 7.08. The van der Waals surface area contributed by atoms with Crippen LogP contribution < -0.4 is 0 Å². The fourth-order valence-electron chi connectivity index (χ4n) is 2.49. The predicted octanol–water partition coefficient (Wildman–Crippen LogP) is 4.17. The second kappa shape index (κ2) is 6.94. The van der Waals surface area contributed by atoms with Crippen LogP contribution in [0.5, 0.6) is 0 Å². The normalized spacial score (nSPS) is 12.4. The van der Waals surface area contributed by atoms with Crippen LogP contribution in [0.3, 0.4) is 0 Å². The molecule has 1 heterocycles. The summed E-state index contributed by atoms with van der Waals surface area (Å²) in [6, 6.07) is 7.79. The molecule has 1 aromatic heterocycles. The summed E-state index contributed by atoms with van der Waals surface area (Å²) >= 11 is 4.43. The second-order valence-corrected chi connectivity index (χ2v) is 5.77. The fourth-order valence-corrected chi connectivity index (χ4v) is 2.75. The number of fused-ring (bicyclic) bond motifs is 1. The lowest BCUT2D eigenvalue weighted by Gasteiger charge is -2.28. The van der Waals surface area contributed by atoms with E-state index in [9.17, 15) is 4.79 Å². The molecule has 0 saturated heterocycles. The lowest BCUT2D eigenvalue weighted by molar-refractivity contribution is 0.0690. The van der Waals surface area contributed by atoms with Crippen LogP contribution in [0.1, 0.15) is 44.0 Å². The molecule has 1 atom stereocenters. The molecule has 1 amide bonds. The van der Waals surface area contributed by atoms with E-state index in [-0.39, 0.29) is 11.9 Å². The molecule has 4 heteroatoms. The minimum Gasteiger partial charge on any atom is -0.336 e. The third-order valence-corrected chi connectivity index (χ3v) is 4.19. The van der Waals surface area contributed by atoms with Crippen LogP contribution >= 0.6 is 12.6 Å². The topological polar surface area (TPSA) is 33.2 Å². The number of benzene rings is 1. The molecule has 2 rings (SSSR count). The van der Waals surface area contributed by atoms with E-state index in [0.717, 1.165) is 35.2 Å². The van der Waals surface area contributed by atoms with Crippen molar-refractivity contribution in [3.05, 3.63) is 36.0 Å². The lowest BCUT2D eigenvalue weighted by Crippen LogP contribution is -2.39. The lowest BCUT2D eigenvalue weighted by atomic mass is 10.1. The largest absolute Gasteiger partial charge is 0.336 e. The number of carbonyl (C=O) groups is 1. The van der Waals surface area contributed by atoms with Gasteiger partial charge in [0.2, 0.25) is 0 Å². The van der Waals surface area contributed by atoms with Gasteiger partial charge in [-0.15, -0.1) is 12.6 Å². The SMILES string of the molecule is CCCN(C(=O)c1ccnc2c(S)cccc12)C(C)CC. The first-order valence-electron chi connectivity index (χ1n) is 7.47. The quantitative estimate of drug-likeness (QED) is 0.841. The molecule has 112 valence electrons. The number of para-hydroxylation sites is 1. The van der Waals surface area contributed by atoms with E-state index in [1.165, 1.54) is 0 Å². The average Bonchev–Trinajstić information content (AvgIpc) is 2.51. The van der Waals surface area contributed by atoms with Gasteiger partial charge in [0.1, 0.15) is 0 Å². The highest BCUT2D eigenvalue weighted by Gasteiger charge is 2.21. The molecule has 0 aliphatic rings. The van der Waals surface area contributed by atoms with Gasteiger partial charge in [-0.3, -0.25) is 9.78 Å². The molecular formula is C17H22N2OS. The van der Waals surface area contributed by atoms with Crippen LogP contribution in [0.4, 0.5) is 0 Å². The van der Waals surface area contributed by atoms with Gasteiger partial charge in [-0.25, -0.2) is 0 Å². The van der Waals surface area contributed by atoms with E-state index in [2.05, 4.69) is 38.4 Å². The van der Waals surface area contributed by atoms with Crippen molar-refractivity contribution in [2.24, 2.45) is 0 Å². The van der Waals surface area contributed by atoms with Crippen molar-refractivity contribution in [3.63, 3.8) is 0 Å². The Morgan fingerprint density at radius 1 is 1.33 bits per heavy atom. The molecule has 0 saturated carbocycles. The molecule has 0 spiro atoms. The molecule has 0 bridgehead atoms. The van der Waals surface area contributed by atoms with Gasteiger partial charge in [0.05, 0.1) is 11.1 Å². The molecule has 0 aliphatic carbocycles. The Labute approximate surface area is 131 Å². The van der Waals surface area contributed by atoms with Crippen molar-refractivity contribution < 1.29 is 4.79 Å². The zero-order valence-electron chi connectivity index (χ0n) is 12.8. The van der Waals surface area contributed by atoms with E-state index < -0.39 is 0 Å². The molecule has 0 N–H and O–H groups in total. The van der Waals surface area contributed by atoms with Gasteiger partial charge in [-0.05, 0) is 31.9 Å². The Morgan fingerprint density at radius 3 is 2.76 bits per heavy atom. The standard InChI is InChI=1S/C17H22N2OS/c1-4-11-19(12(3)5-2)17(20)14-9-10-18-16-13(14)7-6-8-15(16)21/h6-10,12,21H,4-5,11H2,1-3H3. The van der Waals surface area contributed by atoms with E-state index >= 15 is 0 Å². The third-order valence-electron chi connectivity index (χ3n) is 3.83. The Hall–Kier alpha value is -1.55. The van der Waals surface area contributed by atoms with Crippen LogP contribution in [0.25, 0.3) is 10.9 Å². The Bertz CT molecular complexity index is 642. The number of rotatable bonds is 5. The van der Waals surface area contributed by atoms with E-state index in [1.54, 1.807) is 6.20 Å². The molecule has 0 aliphatic heterocycles. The minimum atomic E-state index is 0.0810. The van der Waals surface area contributed by atoms with E-state index in [1.807, 2.05) is 29.2 Å². The van der Waals surface area contributed by atoms with Crippen LogP contribution in [0, 0.1) is 0 Å². The number of nitrogens with zero attached hydrogens (tertiary/aromatic N) is 2. The summed E-state index contributed by atoms with van der Waals surface area (Å²) in [5.41, 5.74) is 1.50. The molecule has 21 heavy (non-hydrogen) atoms. The van der Waals surface area contributed by atoms with Gasteiger partial charge in [-0.1, -0.05) is 26.0 Å². The van der Waals surface area contributed by atoms with Gasteiger partial charge in [0.15, 0.2) is 0 Å². The average molecular weight is 302 g/mol. The molecule has 0 radical (unpaired) electrons. The molecule has 0 fully saturated rings. The summed E-state index contributed by atoms with van der Waals surface area (Å²) in [5, 5.41) is 0.874. The molecule has 1 unspecified atom stereocenters. The Kier molecular flexibility index (Phi) is 5.23. The number of aromatic nitrogens is 1. The van der Waals surface area contributed by atoms with Gasteiger partial charge in [0.25, 0.3) is 5.91 Å². The maximum atomic E-state index is 12.9. The number of amides is 1. The van der Waals surface area contributed by atoms with E-state index in [4.69, 9.17) is 0 Å². The van der Waals surface area contributed by atoms with Crippen molar-refractivity contribution in [1.29, 1.82) is 0 Å². The highest BCUT2D eigenvalue weighted by molar-refractivity contribution is 7.80. The van der Waals surface area contributed by atoms with Crippen LogP contribution in [0.2, 0.25) is 0 Å². The fraction of sp³-hybridized carbons (Fsp3) is 0.412. The summed E-state index contributed by atoms with van der Waals surface area (Å²) in [4.78, 5) is 20.0. The number of thiol groups is 1. The number of carbonyl (C=O) groups excluding carboxylic acids is 1. The van der Waals surface area contributed by atoms with Crippen LogP contribution in [-0.4, -0.2) is 28.4 Å². The summed E-state index contributed by atoms with van der Waals surface area (Å²) in [6.07, 6.45) is 3.60. The van der Waals surface area contributed by atoms with Gasteiger partial charge in [0, 0.05) is 29.1 Å². The maximum Gasteiger partial charge on any atom is 0.254 e. The zero-order chi connectivity index (χ0) is 15.4. The van der Waals surface area contributed by atoms with Gasteiger partial charge in [-0.2, -0.15) is 0 Å². The first kappa shape index (κ1) is 15.8. The van der Waals surface area contributed by atoms with Crippen molar-refractivity contribution in [3.8, 4) is 0 Å². The monoisotopic (exact) mass is 302 g/mol. The maximum absolute atomic E-state index is 12.9. The molecule has 3 nitrogen and oxygen atoms in total. The summed E-state index contributed by atoms with van der Waals surface area (Å²) in [7, 11) is 0. The Balaban J connectivity index is 2.49. The molecular weight excluding hydrogens is 280 g/mol. The number of hydrogen-bond acceptors (Lipinski definition) is 3. The Morgan fingerprint density at radius 2 is 2.10 bits per heavy atom. The van der Waals surface area contributed by atoms with Crippen LogP contribution in [0.15, 0.2) is 35.4 Å². The first-order chi connectivity index (χ1) is 10.1. The zero-order valence-corrected chi connectivity index (χ0v) is 13.7. The number of pyridine rings is 1. The first-order valence-corrected chi connectivity index (χ1v) is 7.92. The highest BCUT2D eigenvalue weighted by Crippen LogP contribution is 2.24.